The lowest BCUT2D eigenvalue weighted by Gasteiger charge is -2.41. The molecule has 0 bridgehead atoms. The SMILES string of the molecule is CC[C@@]1(C[C@H](OC(C)=O)C(=O)OC)C(=O)CCN(CCc2c[nH]c3ccccc23)C1=O. The Balaban J connectivity index is 1.80. The van der Waals surface area contributed by atoms with E-state index in [0.717, 1.165) is 16.5 Å². The summed E-state index contributed by atoms with van der Waals surface area (Å²) >= 11 is 0. The zero-order chi connectivity index (χ0) is 22.6. The Morgan fingerprint density at radius 1 is 1.26 bits per heavy atom. The van der Waals surface area contributed by atoms with Crippen molar-refractivity contribution in [2.45, 2.75) is 45.6 Å². The number of aromatic amines is 1. The Kier molecular flexibility index (Phi) is 6.77. The maximum absolute atomic E-state index is 13.4. The number of Topliss-reactive ketones (excluding diaryl/α,β-unsaturated/α-hetero) is 1. The third-order valence-electron chi connectivity index (χ3n) is 6.07. The number of hydrogen-bond donors (Lipinski definition) is 1. The number of piperidine rings is 1. The normalized spacial score (nSPS) is 20.0. The summed E-state index contributed by atoms with van der Waals surface area (Å²) in [6.07, 6.45) is 1.46. The lowest BCUT2D eigenvalue weighted by atomic mass is 9.71. The molecule has 0 spiro atoms. The number of ether oxygens (including phenoxy) is 2. The molecule has 2 atom stereocenters. The van der Waals surface area contributed by atoms with Crippen molar-refractivity contribution in [1.29, 1.82) is 0 Å². The largest absolute Gasteiger partial charge is 0.466 e. The standard InChI is InChI=1S/C23H28N2O6/c1-4-23(13-19(21(28)30-3)31-15(2)26)20(27)10-12-25(22(23)29)11-9-16-14-24-18-8-6-5-7-17(16)18/h5-8,14,19,24H,4,9-13H2,1-3H3/t19-,23+/m0/s1. The predicted molar refractivity (Wildman–Crippen MR) is 113 cm³/mol. The van der Waals surface area contributed by atoms with Gasteiger partial charge in [-0.2, -0.15) is 0 Å². The van der Waals surface area contributed by atoms with E-state index in [0.29, 0.717) is 19.5 Å². The lowest BCUT2D eigenvalue weighted by Crippen LogP contribution is -2.56. The number of H-pyrrole nitrogens is 1. The number of carbonyl (C=O) groups excluding carboxylic acids is 4. The Hall–Kier alpha value is -3.16. The Morgan fingerprint density at radius 3 is 2.68 bits per heavy atom. The van der Waals surface area contributed by atoms with Gasteiger partial charge in [0.1, 0.15) is 11.2 Å². The minimum atomic E-state index is -1.41. The molecule has 2 heterocycles. The molecule has 0 radical (unpaired) electrons. The number of hydrogen-bond acceptors (Lipinski definition) is 6. The summed E-state index contributed by atoms with van der Waals surface area (Å²) < 4.78 is 9.81. The van der Waals surface area contributed by atoms with Gasteiger partial charge in [0, 0.05) is 50.0 Å². The molecule has 31 heavy (non-hydrogen) atoms. The Bertz CT molecular complexity index is 997. The van der Waals surface area contributed by atoms with E-state index in [1.807, 2.05) is 30.5 Å². The van der Waals surface area contributed by atoms with Crippen molar-refractivity contribution >= 4 is 34.5 Å². The highest BCUT2D eigenvalue weighted by molar-refractivity contribution is 6.08. The van der Waals surface area contributed by atoms with Crippen LogP contribution in [0.3, 0.4) is 0 Å². The molecule has 0 unspecified atom stereocenters. The van der Waals surface area contributed by atoms with Gasteiger partial charge in [-0.25, -0.2) is 4.79 Å². The second kappa shape index (κ2) is 9.32. The number of esters is 2. The molecule has 1 amide bonds. The predicted octanol–water partition coefficient (Wildman–Crippen LogP) is 2.40. The van der Waals surface area contributed by atoms with Crippen molar-refractivity contribution in [3.8, 4) is 0 Å². The quantitative estimate of drug-likeness (QED) is 0.511. The van der Waals surface area contributed by atoms with Crippen LogP contribution < -0.4 is 0 Å². The van der Waals surface area contributed by atoms with E-state index in [1.165, 1.54) is 14.0 Å². The first kappa shape index (κ1) is 22.5. The third-order valence-corrected chi connectivity index (χ3v) is 6.07. The van der Waals surface area contributed by atoms with E-state index in [9.17, 15) is 19.2 Å². The summed E-state index contributed by atoms with van der Waals surface area (Å²) in [6, 6.07) is 7.94. The summed E-state index contributed by atoms with van der Waals surface area (Å²) in [5, 5.41) is 1.10. The monoisotopic (exact) mass is 428 g/mol. The number of fused-ring (bicyclic) bond motifs is 1. The Labute approximate surface area is 180 Å². The van der Waals surface area contributed by atoms with Crippen LogP contribution in [0.5, 0.6) is 0 Å². The number of amides is 1. The summed E-state index contributed by atoms with van der Waals surface area (Å²) in [4.78, 5) is 54.9. The highest BCUT2D eigenvalue weighted by Crippen LogP contribution is 2.37. The van der Waals surface area contributed by atoms with Crippen LogP contribution >= 0.6 is 0 Å². The molecule has 1 aliphatic heterocycles. The van der Waals surface area contributed by atoms with Gasteiger partial charge in [0.05, 0.1) is 7.11 Å². The number of para-hydroxylation sites is 1. The lowest BCUT2D eigenvalue weighted by molar-refractivity contribution is -0.172. The molecular formula is C23H28N2O6. The topological polar surface area (TPSA) is 106 Å². The molecule has 1 N–H and O–H groups in total. The zero-order valence-corrected chi connectivity index (χ0v) is 18.1. The number of nitrogens with zero attached hydrogens (tertiary/aromatic N) is 1. The molecule has 1 fully saturated rings. The van der Waals surface area contributed by atoms with Crippen molar-refractivity contribution < 1.29 is 28.7 Å². The number of nitrogens with one attached hydrogen (secondary N) is 1. The van der Waals surface area contributed by atoms with Gasteiger partial charge in [-0.3, -0.25) is 14.4 Å². The first-order valence-corrected chi connectivity index (χ1v) is 10.4. The molecule has 8 nitrogen and oxygen atoms in total. The smallest absolute Gasteiger partial charge is 0.347 e. The van der Waals surface area contributed by atoms with E-state index in [1.54, 1.807) is 11.8 Å². The van der Waals surface area contributed by atoms with E-state index < -0.39 is 23.5 Å². The zero-order valence-electron chi connectivity index (χ0n) is 18.1. The molecule has 166 valence electrons. The number of benzene rings is 1. The highest BCUT2D eigenvalue weighted by atomic mass is 16.6. The fraction of sp³-hybridized carbons (Fsp3) is 0.478. The van der Waals surface area contributed by atoms with Gasteiger partial charge in [-0.05, 0) is 24.5 Å². The minimum Gasteiger partial charge on any atom is -0.466 e. The van der Waals surface area contributed by atoms with Crippen molar-refractivity contribution in [2.75, 3.05) is 20.2 Å². The first-order valence-electron chi connectivity index (χ1n) is 10.4. The van der Waals surface area contributed by atoms with Gasteiger partial charge >= 0.3 is 11.9 Å². The van der Waals surface area contributed by atoms with Crippen molar-refractivity contribution in [3.05, 3.63) is 36.0 Å². The summed E-state index contributed by atoms with van der Waals surface area (Å²) in [5.41, 5.74) is 0.713. The highest BCUT2D eigenvalue weighted by Gasteiger charge is 2.51. The molecule has 0 aliphatic carbocycles. The van der Waals surface area contributed by atoms with Crippen LogP contribution in [-0.4, -0.2) is 59.8 Å². The number of rotatable bonds is 8. The van der Waals surface area contributed by atoms with Crippen LogP contribution in [0.4, 0.5) is 0 Å². The molecule has 1 aromatic carbocycles. The van der Waals surface area contributed by atoms with Crippen LogP contribution in [0.25, 0.3) is 10.9 Å². The maximum atomic E-state index is 13.4. The van der Waals surface area contributed by atoms with Gasteiger partial charge in [-0.15, -0.1) is 0 Å². The maximum Gasteiger partial charge on any atom is 0.347 e. The number of aromatic nitrogens is 1. The first-order chi connectivity index (χ1) is 14.8. The molecule has 1 aliphatic rings. The van der Waals surface area contributed by atoms with Gasteiger partial charge < -0.3 is 19.4 Å². The summed E-state index contributed by atoms with van der Waals surface area (Å²) in [6.45, 7) is 3.69. The van der Waals surface area contributed by atoms with E-state index >= 15 is 0 Å². The second-order valence-electron chi connectivity index (χ2n) is 7.84. The molecule has 3 rings (SSSR count). The van der Waals surface area contributed by atoms with Crippen LogP contribution in [0, 0.1) is 5.41 Å². The molecule has 8 heteroatoms. The third kappa shape index (κ3) is 4.47. The molecular weight excluding hydrogens is 400 g/mol. The second-order valence-corrected chi connectivity index (χ2v) is 7.84. The number of carbonyl (C=O) groups is 4. The fourth-order valence-electron chi connectivity index (χ4n) is 4.32. The van der Waals surface area contributed by atoms with Crippen LogP contribution in [0.2, 0.25) is 0 Å². The van der Waals surface area contributed by atoms with Gasteiger partial charge in [0.2, 0.25) is 5.91 Å². The fourth-order valence-corrected chi connectivity index (χ4v) is 4.32. The minimum absolute atomic E-state index is 0.196. The number of likely N-dealkylation sites (tertiary alicyclic amines) is 1. The number of methoxy groups -OCH3 is 1. The van der Waals surface area contributed by atoms with Gasteiger partial charge in [-0.1, -0.05) is 25.1 Å². The van der Waals surface area contributed by atoms with Crippen molar-refractivity contribution in [1.82, 2.24) is 9.88 Å². The van der Waals surface area contributed by atoms with Crippen LogP contribution in [0.15, 0.2) is 30.5 Å². The van der Waals surface area contributed by atoms with Crippen molar-refractivity contribution in [2.24, 2.45) is 5.41 Å². The molecule has 2 aromatic rings. The molecule has 0 saturated carbocycles. The molecule has 1 aromatic heterocycles. The van der Waals surface area contributed by atoms with E-state index in [2.05, 4.69) is 4.98 Å². The van der Waals surface area contributed by atoms with E-state index in [-0.39, 0.29) is 31.0 Å². The Morgan fingerprint density at radius 2 is 2.00 bits per heavy atom. The van der Waals surface area contributed by atoms with E-state index in [4.69, 9.17) is 9.47 Å². The summed E-state index contributed by atoms with van der Waals surface area (Å²) in [5.74, 6) is -2.01. The van der Waals surface area contributed by atoms with Crippen molar-refractivity contribution in [3.63, 3.8) is 0 Å². The van der Waals surface area contributed by atoms with Gasteiger partial charge in [0.25, 0.3) is 0 Å². The molecule has 1 saturated heterocycles. The van der Waals surface area contributed by atoms with Gasteiger partial charge in [0.15, 0.2) is 6.10 Å². The number of ketones is 1. The van der Waals surface area contributed by atoms with Crippen LogP contribution in [0.1, 0.15) is 38.7 Å². The van der Waals surface area contributed by atoms with Crippen LogP contribution in [-0.2, 0) is 35.1 Å². The summed E-state index contributed by atoms with van der Waals surface area (Å²) in [7, 11) is 1.18. The average molecular weight is 428 g/mol. The average Bonchev–Trinajstić information content (AvgIpc) is 3.17.